The number of para-hydroxylation sites is 2. The van der Waals surface area contributed by atoms with Gasteiger partial charge in [0.05, 0.1) is 11.2 Å². The Morgan fingerprint density at radius 2 is 1.68 bits per heavy atom. The van der Waals surface area contributed by atoms with E-state index >= 15 is 0 Å². The van der Waals surface area contributed by atoms with Crippen LogP contribution in [0.4, 0.5) is 10.5 Å². The zero-order chi connectivity index (χ0) is 16.3. The van der Waals surface area contributed by atoms with Crippen molar-refractivity contribution in [1.29, 1.82) is 0 Å². The number of amides is 2. The van der Waals surface area contributed by atoms with Crippen molar-refractivity contribution in [3.8, 4) is 5.75 Å². The number of hydrogen-bond donors (Lipinski definition) is 3. The first-order valence-corrected chi connectivity index (χ1v) is 7.37. The molecule has 0 radical (unpaired) electrons. The number of anilines is 1. The predicted octanol–water partition coefficient (Wildman–Crippen LogP) is 4.76. The Morgan fingerprint density at radius 1 is 1.09 bits per heavy atom. The molecule has 0 saturated heterocycles. The Kier molecular flexibility index (Phi) is 4.84. The van der Waals surface area contributed by atoms with Crippen LogP contribution in [0.25, 0.3) is 0 Å². The number of phenols is 1. The molecule has 2 aromatic carbocycles. The number of carbonyl (C=O) groups excluding carboxylic acids is 1. The van der Waals surface area contributed by atoms with Crippen molar-refractivity contribution in [2.45, 2.75) is 19.4 Å². The summed E-state index contributed by atoms with van der Waals surface area (Å²) in [5.41, 5.74) is 0.417. The number of aromatic hydroxyl groups is 1. The molecule has 0 aliphatic rings. The molecule has 4 nitrogen and oxygen atoms in total. The summed E-state index contributed by atoms with van der Waals surface area (Å²) in [4.78, 5) is 12.1. The minimum Gasteiger partial charge on any atom is -0.506 e. The molecule has 0 aromatic heterocycles. The lowest BCUT2D eigenvalue weighted by molar-refractivity contribution is 0.241. The van der Waals surface area contributed by atoms with E-state index in [1.54, 1.807) is 36.4 Å². The molecule has 116 valence electrons. The standard InChI is InChI=1S/C16H16Cl2N2O2/c1-16(2,10-7-11(17)9-12(18)8-10)20-15(22)19-13-5-3-4-6-14(13)21/h3-9,21H,1-2H3,(H2,19,20,22). The molecular formula is C16H16Cl2N2O2. The molecule has 0 saturated carbocycles. The SMILES string of the molecule is CC(C)(NC(=O)Nc1ccccc1O)c1cc(Cl)cc(Cl)c1. The van der Waals surface area contributed by atoms with Crippen molar-refractivity contribution in [3.05, 3.63) is 58.1 Å². The summed E-state index contributed by atoms with van der Waals surface area (Å²) in [7, 11) is 0. The Hall–Kier alpha value is -1.91. The summed E-state index contributed by atoms with van der Waals surface area (Å²) in [6, 6.07) is 11.2. The zero-order valence-electron chi connectivity index (χ0n) is 12.2. The highest BCUT2D eigenvalue weighted by Gasteiger charge is 2.24. The molecule has 0 fully saturated rings. The van der Waals surface area contributed by atoms with Crippen molar-refractivity contribution >= 4 is 34.9 Å². The van der Waals surface area contributed by atoms with Gasteiger partial charge in [0, 0.05) is 10.0 Å². The quantitative estimate of drug-likeness (QED) is 0.706. The molecule has 0 spiro atoms. The monoisotopic (exact) mass is 338 g/mol. The predicted molar refractivity (Wildman–Crippen MR) is 89.7 cm³/mol. The number of urea groups is 1. The van der Waals surface area contributed by atoms with Crippen LogP contribution in [0.3, 0.4) is 0 Å². The third kappa shape index (κ3) is 4.06. The maximum Gasteiger partial charge on any atom is 0.320 e. The molecule has 3 N–H and O–H groups in total. The van der Waals surface area contributed by atoms with Gasteiger partial charge in [-0.3, -0.25) is 0 Å². The zero-order valence-corrected chi connectivity index (χ0v) is 13.7. The minimum atomic E-state index is -0.691. The summed E-state index contributed by atoms with van der Waals surface area (Å²) in [5, 5.41) is 16.1. The van der Waals surface area contributed by atoms with E-state index in [0.717, 1.165) is 5.56 Å². The highest BCUT2D eigenvalue weighted by Crippen LogP contribution is 2.28. The van der Waals surface area contributed by atoms with Gasteiger partial charge in [-0.1, -0.05) is 35.3 Å². The molecule has 22 heavy (non-hydrogen) atoms. The van der Waals surface area contributed by atoms with Crippen LogP contribution in [0.15, 0.2) is 42.5 Å². The molecule has 0 heterocycles. The second-order valence-corrected chi connectivity index (χ2v) is 6.25. The number of benzene rings is 2. The molecule has 0 aliphatic carbocycles. The fourth-order valence-electron chi connectivity index (χ4n) is 2.00. The van der Waals surface area contributed by atoms with Crippen molar-refractivity contribution in [3.63, 3.8) is 0 Å². The Balaban J connectivity index is 2.14. The fraction of sp³-hybridized carbons (Fsp3) is 0.188. The molecular weight excluding hydrogens is 323 g/mol. The smallest absolute Gasteiger partial charge is 0.320 e. The van der Waals surface area contributed by atoms with Crippen molar-refractivity contribution in [2.75, 3.05) is 5.32 Å². The second-order valence-electron chi connectivity index (χ2n) is 5.38. The van der Waals surface area contributed by atoms with Gasteiger partial charge in [-0.05, 0) is 49.7 Å². The first kappa shape index (κ1) is 16.5. The average molecular weight is 339 g/mol. The lowest BCUT2D eigenvalue weighted by Crippen LogP contribution is -2.43. The van der Waals surface area contributed by atoms with Gasteiger partial charge in [0.25, 0.3) is 0 Å². The van der Waals surface area contributed by atoms with Crippen LogP contribution < -0.4 is 10.6 Å². The number of nitrogens with one attached hydrogen (secondary N) is 2. The van der Waals surface area contributed by atoms with E-state index in [1.807, 2.05) is 13.8 Å². The summed E-state index contributed by atoms with van der Waals surface area (Å²) < 4.78 is 0. The molecule has 0 unspecified atom stereocenters. The fourth-order valence-corrected chi connectivity index (χ4v) is 2.53. The number of hydrogen-bond acceptors (Lipinski definition) is 2. The van der Waals surface area contributed by atoms with E-state index < -0.39 is 11.6 Å². The van der Waals surface area contributed by atoms with E-state index in [1.165, 1.54) is 6.07 Å². The third-order valence-corrected chi connectivity index (χ3v) is 3.60. The molecule has 2 amide bonds. The van der Waals surface area contributed by atoms with Crippen molar-refractivity contribution in [1.82, 2.24) is 5.32 Å². The van der Waals surface area contributed by atoms with Gasteiger partial charge in [-0.2, -0.15) is 0 Å². The average Bonchev–Trinajstić information content (AvgIpc) is 2.39. The van der Waals surface area contributed by atoms with Gasteiger partial charge < -0.3 is 15.7 Å². The summed E-state index contributed by atoms with van der Waals surface area (Å²) in [6.07, 6.45) is 0. The van der Waals surface area contributed by atoms with Gasteiger partial charge in [0.2, 0.25) is 0 Å². The largest absolute Gasteiger partial charge is 0.506 e. The van der Waals surface area contributed by atoms with Crippen LogP contribution in [-0.2, 0) is 5.54 Å². The molecule has 0 atom stereocenters. The summed E-state index contributed by atoms with van der Waals surface area (Å²) in [5.74, 6) is 0.00116. The van der Waals surface area contributed by atoms with Crippen molar-refractivity contribution < 1.29 is 9.90 Å². The van der Waals surface area contributed by atoms with Gasteiger partial charge in [0.15, 0.2) is 0 Å². The highest BCUT2D eigenvalue weighted by atomic mass is 35.5. The van der Waals surface area contributed by atoms with Crippen LogP contribution in [0, 0.1) is 0 Å². The van der Waals surface area contributed by atoms with Crippen LogP contribution in [0.2, 0.25) is 10.0 Å². The Labute approximate surface area is 139 Å². The van der Waals surface area contributed by atoms with Gasteiger partial charge >= 0.3 is 6.03 Å². The van der Waals surface area contributed by atoms with E-state index in [4.69, 9.17) is 23.2 Å². The summed E-state index contributed by atoms with van der Waals surface area (Å²) >= 11 is 12.0. The number of phenolic OH excluding ortho intramolecular Hbond substituents is 1. The lowest BCUT2D eigenvalue weighted by Gasteiger charge is -2.27. The van der Waals surface area contributed by atoms with Crippen molar-refractivity contribution in [2.24, 2.45) is 0 Å². The topological polar surface area (TPSA) is 61.4 Å². The lowest BCUT2D eigenvalue weighted by atomic mass is 9.94. The molecule has 0 aliphatic heterocycles. The maximum absolute atomic E-state index is 12.1. The minimum absolute atomic E-state index is 0.00116. The normalized spacial score (nSPS) is 11.1. The Morgan fingerprint density at radius 3 is 2.27 bits per heavy atom. The van der Waals surface area contributed by atoms with Crippen LogP contribution in [-0.4, -0.2) is 11.1 Å². The number of carbonyl (C=O) groups is 1. The molecule has 2 rings (SSSR count). The maximum atomic E-state index is 12.1. The summed E-state index contributed by atoms with van der Waals surface area (Å²) in [6.45, 7) is 3.67. The molecule has 6 heteroatoms. The third-order valence-electron chi connectivity index (χ3n) is 3.16. The van der Waals surface area contributed by atoms with Crippen LogP contribution >= 0.6 is 23.2 Å². The first-order chi connectivity index (χ1) is 10.3. The van der Waals surface area contributed by atoms with Gasteiger partial charge in [-0.25, -0.2) is 4.79 Å². The van der Waals surface area contributed by atoms with Crippen LogP contribution in [0.5, 0.6) is 5.75 Å². The van der Waals surface area contributed by atoms with Gasteiger partial charge in [0.1, 0.15) is 5.75 Å². The number of rotatable bonds is 3. The second kappa shape index (κ2) is 6.46. The van der Waals surface area contributed by atoms with E-state index in [9.17, 15) is 9.90 Å². The Bertz CT molecular complexity index is 682. The van der Waals surface area contributed by atoms with Crippen LogP contribution in [0.1, 0.15) is 19.4 Å². The van der Waals surface area contributed by atoms with Gasteiger partial charge in [-0.15, -0.1) is 0 Å². The first-order valence-electron chi connectivity index (χ1n) is 6.62. The molecule has 2 aromatic rings. The molecule has 0 bridgehead atoms. The highest BCUT2D eigenvalue weighted by molar-refractivity contribution is 6.34. The van der Waals surface area contributed by atoms with E-state index in [2.05, 4.69) is 10.6 Å². The van der Waals surface area contributed by atoms with E-state index in [-0.39, 0.29) is 5.75 Å². The van der Waals surface area contributed by atoms with E-state index in [0.29, 0.717) is 15.7 Å². The number of halogens is 2.